The number of hydrogen-bond donors (Lipinski definition) is 0. The monoisotopic (exact) mass is 261 g/mol. The zero-order valence-corrected chi connectivity index (χ0v) is 8.02. The van der Waals surface area contributed by atoms with Crippen LogP contribution in [-0.2, 0) is 9.84 Å². The Kier molecular flexibility index (Phi) is 4.37. The Morgan fingerprint density at radius 1 is 1.67 bits per heavy atom. The summed E-state index contributed by atoms with van der Waals surface area (Å²) in [5.74, 6) is 0.194. The molecule has 0 aromatic carbocycles. The van der Waals surface area contributed by atoms with Crippen molar-refractivity contribution >= 4 is 38.9 Å². The number of rotatable bonds is 3. The molecule has 0 aliphatic heterocycles. The van der Waals surface area contributed by atoms with Crippen molar-refractivity contribution in [2.24, 2.45) is 3.21 Å². The first kappa shape index (κ1) is 9.35. The summed E-state index contributed by atoms with van der Waals surface area (Å²) in [5, 5.41) is 0. The van der Waals surface area contributed by atoms with E-state index in [1.807, 2.05) is 22.9 Å². The fourth-order valence-corrected chi connectivity index (χ4v) is 1.13. The molecule has 3 nitrogen and oxygen atoms in total. The van der Waals surface area contributed by atoms with Gasteiger partial charge in [-0.3, -0.25) is 0 Å². The lowest BCUT2D eigenvalue weighted by Gasteiger charge is -1.88. The summed E-state index contributed by atoms with van der Waals surface area (Å²) in [7, 11) is -2.79. The van der Waals surface area contributed by atoms with Crippen molar-refractivity contribution in [1.82, 2.24) is 0 Å². The largest absolute Gasteiger partial charge is 0.229 e. The first-order valence-corrected chi connectivity index (χ1v) is 5.39. The third-order valence-electron chi connectivity index (χ3n) is 0.687. The van der Waals surface area contributed by atoms with Crippen LogP contribution >= 0.6 is 22.9 Å². The van der Waals surface area contributed by atoms with Crippen molar-refractivity contribution in [1.29, 1.82) is 0 Å². The molecule has 0 aliphatic carbocycles. The highest BCUT2D eigenvalue weighted by atomic mass is 127. The molecule has 0 heterocycles. The van der Waals surface area contributed by atoms with Gasteiger partial charge in [0, 0.05) is 12.5 Å². The normalized spacial score (nSPS) is 12.7. The molecule has 0 bridgehead atoms. The van der Waals surface area contributed by atoms with Gasteiger partial charge in [-0.2, -0.15) is 0 Å². The molecule has 0 N–H and O–H groups in total. The third-order valence-corrected chi connectivity index (χ3v) is 2.06. The number of nitrogens with zero attached hydrogens (tertiary/aromatic N) is 1. The van der Waals surface area contributed by atoms with Gasteiger partial charge in [-0.1, -0.05) is 0 Å². The van der Waals surface area contributed by atoms with Crippen molar-refractivity contribution in [3.05, 3.63) is 0 Å². The lowest BCUT2D eigenvalue weighted by atomic mass is 10.5. The molecule has 0 fully saturated rings. The van der Waals surface area contributed by atoms with E-state index in [4.69, 9.17) is 0 Å². The van der Waals surface area contributed by atoms with Crippen molar-refractivity contribution in [2.75, 3.05) is 12.0 Å². The lowest BCUT2D eigenvalue weighted by Crippen LogP contribution is -2.02. The van der Waals surface area contributed by atoms with Crippen LogP contribution in [0.1, 0.15) is 6.42 Å². The van der Waals surface area contributed by atoms with Gasteiger partial charge in [-0.05, 0) is 6.42 Å². The van der Waals surface area contributed by atoms with E-state index in [2.05, 4.69) is 3.21 Å². The molecule has 54 valence electrons. The SMILES string of the molecule is CS(=O)(=O)CC/C=N\I. The Balaban J connectivity index is 3.53. The quantitative estimate of drug-likeness (QED) is 0.558. The zero-order chi connectivity index (χ0) is 7.33. The minimum Gasteiger partial charge on any atom is -0.229 e. The molecule has 0 saturated carbocycles. The molecule has 9 heavy (non-hydrogen) atoms. The summed E-state index contributed by atoms with van der Waals surface area (Å²) >= 11 is 1.81. The fourth-order valence-electron chi connectivity index (χ4n) is 0.316. The summed E-state index contributed by atoms with van der Waals surface area (Å²) in [6.45, 7) is 0. The van der Waals surface area contributed by atoms with Gasteiger partial charge in [0.05, 0.1) is 28.6 Å². The van der Waals surface area contributed by atoms with E-state index >= 15 is 0 Å². The van der Waals surface area contributed by atoms with Crippen LogP contribution in [0.3, 0.4) is 0 Å². The van der Waals surface area contributed by atoms with Crippen molar-refractivity contribution in [2.45, 2.75) is 6.42 Å². The average molecular weight is 261 g/mol. The van der Waals surface area contributed by atoms with Gasteiger partial charge in [-0.25, -0.2) is 11.6 Å². The third kappa shape index (κ3) is 8.35. The predicted octanol–water partition coefficient (Wildman–Crippen LogP) is 0.842. The Bertz CT molecular complexity index is 185. The molecular formula is C4H8INO2S. The molecule has 0 unspecified atom stereocenters. The summed E-state index contributed by atoms with van der Waals surface area (Å²) < 4.78 is 24.5. The van der Waals surface area contributed by atoms with Crippen LogP contribution in [0.4, 0.5) is 0 Å². The summed E-state index contributed by atoms with van der Waals surface area (Å²) in [5.41, 5.74) is 0. The summed E-state index contributed by atoms with van der Waals surface area (Å²) in [6.07, 6.45) is 3.32. The minimum absolute atomic E-state index is 0.194. The van der Waals surface area contributed by atoms with Crippen molar-refractivity contribution < 1.29 is 8.42 Å². The Labute approximate surface area is 69.0 Å². The number of sulfone groups is 1. The molecule has 0 radical (unpaired) electrons. The van der Waals surface area contributed by atoms with Gasteiger partial charge < -0.3 is 0 Å². The van der Waals surface area contributed by atoms with E-state index < -0.39 is 9.84 Å². The van der Waals surface area contributed by atoms with Crippen LogP contribution in [-0.4, -0.2) is 26.6 Å². The van der Waals surface area contributed by atoms with Crippen LogP contribution in [0.25, 0.3) is 0 Å². The molecule has 0 saturated heterocycles. The number of hydrogen-bond acceptors (Lipinski definition) is 3. The molecule has 0 spiro atoms. The molecule has 5 heteroatoms. The Morgan fingerprint density at radius 3 is 2.56 bits per heavy atom. The molecule has 0 aromatic rings. The molecule has 0 aromatic heterocycles. The van der Waals surface area contributed by atoms with Crippen LogP contribution in [0.5, 0.6) is 0 Å². The first-order valence-electron chi connectivity index (χ1n) is 2.37. The highest BCUT2D eigenvalue weighted by Gasteiger charge is 1.97. The maximum absolute atomic E-state index is 10.4. The maximum atomic E-state index is 10.4. The smallest absolute Gasteiger partial charge is 0.147 e. The molecule has 0 rings (SSSR count). The Hall–Kier alpha value is 0.350. The first-order chi connectivity index (χ1) is 4.06. The molecule has 0 amide bonds. The molecule has 0 aliphatic rings. The van der Waals surface area contributed by atoms with Gasteiger partial charge in [0.25, 0.3) is 0 Å². The number of halogens is 1. The topological polar surface area (TPSA) is 46.5 Å². The second-order valence-corrected chi connectivity index (χ2v) is 4.52. The van der Waals surface area contributed by atoms with Crippen molar-refractivity contribution in [3.8, 4) is 0 Å². The van der Waals surface area contributed by atoms with E-state index in [-0.39, 0.29) is 5.75 Å². The van der Waals surface area contributed by atoms with Crippen LogP contribution in [0.2, 0.25) is 0 Å². The molecule has 0 atom stereocenters. The summed E-state index contributed by atoms with van der Waals surface area (Å²) in [6, 6.07) is 0. The summed E-state index contributed by atoms with van der Waals surface area (Å²) in [4.78, 5) is 0. The van der Waals surface area contributed by atoms with Gasteiger partial charge in [0.2, 0.25) is 0 Å². The van der Waals surface area contributed by atoms with Crippen molar-refractivity contribution in [3.63, 3.8) is 0 Å². The lowest BCUT2D eigenvalue weighted by molar-refractivity contribution is 0.602. The van der Waals surface area contributed by atoms with E-state index in [9.17, 15) is 8.42 Å². The minimum atomic E-state index is -2.79. The van der Waals surface area contributed by atoms with E-state index in [1.54, 1.807) is 6.21 Å². The predicted molar refractivity (Wildman–Crippen MR) is 46.8 cm³/mol. The standard InChI is InChI=1S/C4H8INO2S/c1-9(7,8)4-2-3-6-5/h3H,2,4H2,1H3/b6-3-. The second kappa shape index (κ2) is 4.21. The molecular weight excluding hydrogens is 253 g/mol. The van der Waals surface area contributed by atoms with Gasteiger partial charge >= 0.3 is 0 Å². The van der Waals surface area contributed by atoms with Gasteiger partial charge in [0.15, 0.2) is 0 Å². The maximum Gasteiger partial charge on any atom is 0.147 e. The van der Waals surface area contributed by atoms with Crippen LogP contribution in [0.15, 0.2) is 3.21 Å². The zero-order valence-electron chi connectivity index (χ0n) is 5.04. The fraction of sp³-hybridized carbons (Fsp3) is 0.750. The van der Waals surface area contributed by atoms with E-state index in [0.717, 1.165) is 0 Å². The highest BCUT2D eigenvalue weighted by Crippen LogP contribution is 1.87. The Morgan fingerprint density at radius 2 is 2.22 bits per heavy atom. The highest BCUT2D eigenvalue weighted by molar-refractivity contribution is 14.1. The van der Waals surface area contributed by atoms with Crippen LogP contribution in [0, 0.1) is 0 Å². The van der Waals surface area contributed by atoms with Gasteiger partial charge in [0.1, 0.15) is 9.84 Å². The van der Waals surface area contributed by atoms with E-state index in [1.165, 1.54) is 6.26 Å². The average Bonchev–Trinajstić information content (AvgIpc) is 1.63. The van der Waals surface area contributed by atoms with Crippen LogP contribution < -0.4 is 0 Å². The van der Waals surface area contributed by atoms with Gasteiger partial charge in [-0.15, -0.1) is 0 Å². The van der Waals surface area contributed by atoms with E-state index in [0.29, 0.717) is 6.42 Å². The second-order valence-electron chi connectivity index (χ2n) is 1.70.